The van der Waals surface area contributed by atoms with Gasteiger partial charge in [0.1, 0.15) is 6.33 Å². The van der Waals surface area contributed by atoms with Crippen LogP contribution in [-0.2, 0) is 4.74 Å². The molecule has 0 atom stereocenters. The second kappa shape index (κ2) is 4.03. The molecule has 0 bridgehead atoms. The minimum Gasteiger partial charge on any atom is -0.452 e. The smallest absolute Gasteiger partial charge is 0.422 e. The zero-order chi connectivity index (χ0) is 10.6. The van der Waals surface area contributed by atoms with Gasteiger partial charge in [-0.1, -0.05) is 0 Å². The van der Waals surface area contributed by atoms with Crippen LogP contribution in [0.4, 0.5) is 13.2 Å². The van der Waals surface area contributed by atoms with Gasteiger partial charge in [0.15, 0.2) is 6.61 Å². The third-order valence-electron chi connectivity index (χ3n) is 1.16. The number of rotatable bonds is 2. The number of aromatic nitrogens is 2. The second-order valence-corrected chi connectivity index (χ2v) is 2.32. The monoisotopic (exact) mass is 206 g/mol. The molecule has 76 valence electrons. The minimum atomic E-state index is -4.52. The van der Waals surface area contributed by atoms with Crippen LogP contribution in [-0.4, -0.2) is 28.7 Å². The van der Waals surface area contributed by atoms with E-state index >= 15 is 0 Å². The summed E-state index contributed by atoms with van der Waals surface area (Å²) in [5, 5.41) is 0. The molecule has 0 amide bonds. The zero-order valence-corrected chi connectivity index (χ0v) is 6.78. The first-order valence-corrected chi connectivity index (χ1v) is 3.48. The van der Waals surface area contributed by atoms with E-state index < -0.39 is 18.8 Å². The highest BCUT2D eigenvalue weighted by Gasteiger charge is 2.29. The SMILES string of the molecule is O=C(OCC(F)(F)F)c1cncnc1. The molecule has 0 radical (unpaired) electrons. The normalized spacial score (nSPS) is 11.1. The first-order chi connectivity index (χ1) is 6.49. The molecule has 1 heterocycles. The zero-order valence-electron chi connectivity index (χ0n) is 6.78. The molecule has 0 aromatic carbocycles. The van der Waals surface area contributed by atoms with E-state index in [0.717, 1.165) is 18.7 Å². The molecule has 0 saturated carbocycles. The van der Waals surface area contributed by atoms with Crippen molar-refractivity contribution in [2.45, 2.75) is 6.18 Å². The Hall–Kier alpha value is -1.66. The van der Waals surface area contributed by atoms with Gasteiger partial charge in [0.2, 0.25) is 0 Å². The lowest BCUT2D eigenvalue weighted by Crippen LogP contribution is -2.20. The first kappa shape index (κ1) is 10.4. The molecule has 0 N–H and O–H groups in total. The molecule has 0 aliphatic heterocycles. The van der Waals surface area contributed by atoms with Crippen LogP contribution in [0.25, 0.3) is 0 Å². The van der Waals surface area contributed by atoms with Crippen LogP contribution in [0.5, 0.6) is 0 Å². The van der Waals surface area contributed by atoms with E-state index in [-0.39, 0.29) is 5.56 Å². The molecule has 0 spiro atoms. The van der Waals surface area contributed by atoms with Gasteiger partial charge in [-0.25, -0.2) is 14.8 Å². The van der Waals surface area contributed by atoms with Crippen molar-refractivity contribution < 1.29 is 22.7 Å². The molecule has 1 aromatic rings. The third-order valence-corrected chi connectivity index (χ3v) is 1.16. The van der Waals surface area contributed by atoms with Crippen LogP contribution in [0.2, 0.25) is 0 Å². The molecule has 0 unspecified atom stereocenters. The van der Waals surface area contributed by atoms with Gasteiger partial charge in [-0.05, 0) is 0 Å². The molecule has 1 aromatic heterocycles. The quantitative estimate of drug-likeness (QED) is 0.682. The number of esters is 1. The fraction of sp³-hybridized carbons (Fsp3) is 0.286. The predicted octanol–water partition coefficient (Wildman–Crippen LogP) is 1.20. The minimum absolute atomic E-state index is 0.114. The lowest BCUT2D eigenvalue weighted by atomic mass is 10.3. The average Bonchev–Trinajstić information content (AvgIpc) is 2.14. The summed E-state index contributed by atoms with van der Waals surface area (Å²) in [6.07, 6.45) is -1.22. The topological polar surface area (TPSA) is 52.1 Å². The van der Waals surface area contributed by atoms with Crippen molar-refractivity contribution in [3.63, 3.8) is 0 Å². The second-order valence-electron chi connectivity index (χ2n) is 2.32. The van der Waals surface area contributed by atoms with E-state index in [1.54, 1.807) is 0 Å². The number of halogens is 3. The van der Waals surface area contributed by atoms with Crippen molar-refractivity contribution in [2.24, 2.45) is 0 Å². The standard InChI is InChI=1S/C7H5F3N2O2/c8-7(9,10)3-14-6(13)5-1-11-4-12-2-5/h1-2,4H,3H2. The summed E-state index contributed by atoms with van der Waals surface area (Å²) in [6, 6.07) is 0. The number of hydrogen-bond acceptors (Lipinski definition) is 4. The van der Waals surface area contributed by atoms with E-state index in [4.69, 9.17) is 0 Å². The van der Waals surface area contributed by atoms with Gasteiger partial charge in [-0.15, -0.1) is 0 Å². The first-order valence-electron chi connectivity index (χ1n) is 3.48. The molecule has 7 heteroatoms. The van der Waals surface area contributed by atoms with Crippen molar-refractivity contribution in [1.82, 2.24) is 9.97 Å². The van der Waals surface area contributed by atoms with E-state index in [1.807, 2.05) is 0 Å². The van der Waals surface area contributed by atoms with Gasteiger partial charge in [-0.3, -0.25) is 0 Å². The Morgan fingerprint density at radius 2 is 1.93 bits per heavy atom. The Labute approximate surface area is 76.7 Å². The Balaban J connectivity index is 2.52. The molecule has 0 saturated heterocycles. The summed E-state index contributed by atoms with van der Waals surface area (Å²) in [5.74, 6) is -1.09. The van der Waals surface area contributed by atoms with Crippen molar-refractivity contribution >= 4 is 5.97 Å². The summed E-state index contributed by atoms with van der Waals surface area (Å²) in [5.41, 5.74) is -0.114. The summed E-state index contributed by atoms with van der Waals surface area (Å²) in [6.45, 7) is -1.61. The Kier molecular flexibility index (Phi) is 3.00. The van der Waals surface area contributed by atoms with E-state index in [0.29, 0.717) is 0 Å². The number of carbonyl (C=O) groups is 1. The highest BCUT2D eigenvalue weighted by Crippen LogP contribution is 2.15. The summed E-state index contributed by atoms with van der Waals surface area (Å²) < 4.78 is 38.8. The maximum Gasteiger partial charge on any atom is 0.422 e. The molecule has 4 nitrogen and oxygen atoms in total. The van der Waals surface area contributed by atoms with E-state index in [1.165, 1.54) is 0 Å². The highest BCUT2D eigenvalue weighted by molar-refractivity contribution is 5.88. The maximum absolute atomic E-state index is 11.6. The molecule has 14 heavy (non-hydrogen) atoms. The van der Waals surface area contributed by atoms with Crippen molar-refractivity contribution in [3.05, 3.63) is 24.3 Å². The number of alkyl halides is 3. The lowest BCUT2D eigenvalue weighted by Gasteiger charge is -2.06. The van der Waals surface area contributed by atoms with Crippen molar-refractivity contribution in [1.29, 1.82) is 0 Å². The van der Waals surface area contributed by atoms with Crippen molar-refractivity contribution in [2.75, 3.05) is 6.61 Å². The van der Waals surface area contributed by atoms with Crippen LogP contribution in [0.3, 0.4) is 0 Å². The van der Waals surface area contributed by atoms with Gasteiger partial charge in [0.05, 0.1) is 5.56 Å². The number of nitrogens with zero attached hydrogens (tertiary/aromatic N) is 2. The van der Waals surface area contributed by atoms with Gasteiger partial charge < -0.3 is 4.74 Å². The van der Waals surface area contributed by atoms with Gasteiger partial charge in [-0.2, -0.15) is 13.2 Å². The molecule has 0 aliphatic rings. The average molecular weight is 206 g/mol. The summed E-state index contributed by atoms with van der Waals surface area (Å²) in [7, 11) is 0. The van der Waals surface area contributed by atoms with Crippen LogP contribution >= 0.6 is 0 Å². The predicted molar refractivity (Wildman–Crippen MR) is 38.4 cm³/mol. The Bertz CT molecular complexity index is 312. The number of ether oxygens (including phenoxy) is 1. The number of carbonyl (C=O) groups excluding carboxylic acids is 1. The van der Waals surface area contributed by atoms with Crippen LogP contribution in [0.1, 0.15) is 10.4 Å². The lowest BCUT2D eigenvalue weighted by molar-refractivity contribution is -0.161. The largest absolute Gasteiger partial charge is 0.452 e. The van der Waals surface area contributed by atoms with E-state index in [9.17, 15) is 18.0 Å². The van der Waals surface area contributed by atoms with Crippen LogP contribution in [0, 0.1) is 0 Å². The Morgan fingerprint density at radius 3 is 2.43 bits per heavy atom. The Morgan fingerprint density at radius 1 is 1.36 bits per heavy atom. The van der Waals surface area contributed by atoms with E-state index in [2.05, 4.69) is 14.7 Å². The van der Waals surface area contributed by atoms with Gasteiger partial charge in [0.25, 0.3) is 0 Å². The summed E-state index contributed by atoms with van der Waals surface area (Å²) >= 11 is 0. The molecular formula is C7H5F3N2O2. The van der Waals surface area contributed by atoms with Crippen molar-refractivity contribution in [3.8, 4) is 0 Å². The molecule has 0 aliphatic carbocycles. The summed E-state index contributed by atoms with van der Waals surface area (Å²) in [4.78, 5) is 17.8. The van der Waals surface area contributed by atoms with Crippen LogP contribution < -0.4 is 0 Å². The molecule has 1 rings (SSSR count). The highest BCUT2D eigenvalue weighted by atomic mass is 19.4. The fourth-order valence-electron chi connectivity index (χ4n) is 0.635. The van der Waals surface area contributed by atoms with Gasteiger partial charge >= 0.3 is 12.1 Å². The molecular weight excluding hydrogens is 201 g/mol. The van der Waals surface area contributed by atoms with Crippen LogP contribution in [0.15, 0.2) is 18.7 Å². The molecule has 0 fully saturated rings. The van der Waals surface area contributed by atoms with Gasteiger partial charge in [0, 0.05) is 12.4 Å². The number of hydrogen-bond donors (Lipinski definition) is 0. The maximum atomic E-state index is 11.6. The third kappa shape index (κ3) is 3.38. The fourth-order valence-corrected chi connectivity index (χ4v) is 0.635.